The molecule has 6 heteroatoms. The molecule has 2 aromatic heterocycles. The van der Waals surface area contributed by atoms with Gasteiger partial charge in [0.1, 0.15) is 5.82 Å². The number of aryl methyl sites for hydroxylation is 1. The number of anilines is 1. The minimum absolute atomic E-state index is 0.0712. The highest BCUT2D eigenvalue weighted by atomic mass is 16.1. The van der Waals surface area contributed by atoms with Gasteiger partial charge in [-0.2, -0.15) is 0 Å². The fourth-order valence-electron chi connectivity index (χ4n) is 3.51. The van der Waals surface area contributed by atoms with Crippen molar-refractivity contribution in [3.05, 3.63) is 76.0 Å². The molecule has 4 rings (SSSR count). The van der Waals surface area contributed by atoms with Gasteiger partial charge >= 0.3 is 0 Å². The first-order valence-electron chi connectivity index (χ1n) is 9.64. The molecule has 0 spiro atoms. The van der Waals surface area contributed by atoms with E-state index in [1.807, 2.05) is 37.5 Å². The Labute approximate surface area is 164 Å². The predicted molar refractivity (Wildman–Crippen MR) is 111 cm³/mol. The first-order valence-corrected chi connectivity index (χ1v) is 9.64. The zero-order valence-corrected chi connectivity index (χ0v) is 16.4. The molecule has 0 unspecified atom stereocenters. The molecule has 0 atom stereocenters. The van der Waals surface area contributed by atoms with E-state index in [1.54, 1.807) is 6.92 Å². The van der Waals surface area contributed by atoms with E-state index in [2.05, 4.69) is 43.0 Å². The Morgan fingerprint density at radius 1 is 1.04 bits per heavy atom. The average molecular weight is 375 g/mol. The maximum Gasteiger partial charge on any atom is 0.254 e. The minimum atomic E-state index is -0.0712. The van der Waals surface area contributed by atoms with Crippen LogP contribution in [0.15, 0.2) is 53.6 Å². The van der Waals surface area contributed by atoms with Crippen LogP contribution in [0.1, 0.15) is 16.8 Å². The summed E-state index contributed by atoms with van der Waals surface area (Å²) in [5.41, 5.74) is 4.77. The molecule has 0 saturated carbocycles. The molecule has 1 aliphatic rings. The molecule has 1 saturated heterocycles. The molecule has 1 N–H and O–H groups in total. The van der Waals surface area contributed by atoms with Crippen molar-refractivity contribution >= 4 is 5.69 Å². The zero-order chi connectivity index (χ0) is 19.5. The van der Waals surface area contributed by atoms with E-state index in [-0.39, 0.29) is 5.56 Å². The van der Waals surface area contributed by atoms with Gasteiger partial charge in [-0.25, -0.2) is 4.98 Å². The maximum atomic E-state index is 12.0. The molecular formula is C22H25N5O. The first kappa shape index (κ1) is 18.4. The van der Waals surface area contributed by atoms with Crippen molar-refractivity contribution < 1.29 is 0 Å². The number of nitrogens with zero attached hydrogens (tertiary/aromatic N) is 4. The third-order valence-corrected chi connectivity index (χ3v) is 5.41. The molecule has 28 heavy (non-hydrogen) atoms. The third kappa shape index (κ3) is 3.97. The lowest BCUT2D eigenvalue weighted by Gasteiger charge is -2.35. The van der Waals surface area contributed by atoms with Crippen molar-refractivity contribution in [2.75, 3.05) is 31.1 Å². The number of hydrogen-bond donors (Lipinski definition) is 1. The van der Waals surface area contributed by atoms with Crippen LogP contribution in [0.3, 0.4) is 0 Å². The van der Waals surface area contributed by atoms with Gasteiger partial charge in [0, 0.05) is 55.7 Å². The van der Waals surface area contributed by atoms with Crippen LogP contribution in [-0.4, -0.2) is 46.0 Å². The van der Waals surface area contributed by atoms with Gasteiger partial charge in [0.25, 0.3) is 5.56 Å². The zero-order valence-electron chi connectivity index (χ0n) is 16.4. The van der Waals surface area contributed by atoms with Crippen molar-refractivity contribution in [3.63, 3.8) is 0 Å². The lowest BCUT2D eigenvalue weighted by atomic mass is 10.1. The largest absolute Gasteiger partial charge is 0.368 e. The van der Waals surface area contributed by atoms with Crippen LogP contribution < -0.4 is 10.5 Å². The summed E-state index contributed by atoms with van der Waals surface area (Å²) >= 11 is 0. The smallest absolute Gasteiger partial charge is 0.254 e. The Hall–Kier alpha value is -2.99. The van der Waals surface area contributed by atoms with Crippen LogP contribution in [0.5, 0.6) is 0 Å². The second-order valence-corrected chi connectivity index (χ2v) is 7.30. The SMILES string of the molecule is Cc1nc(-c2ccc(CN3CCN(c4cccnc4)CC3)cc2)[nH]c(=O)c1C. The van der Waals surface area contributed by atoms with Crippen molar-refractivity contribution in [2.24, 2.45) is 0 Å². The molecule has 3 aromatic rings. The molecule has 0 radical (unpaired) electrons. The lowest BCUT2D eigenvalue weighted by Crippen LogP contribution is -2.45. The average Bonchev–Trinajstić information content (AvgIpc) is 2.73. The van der Waals surface area contributed by atoms with Crippen molar-refractivity contribution in [1.82, 2.24) is 19.9 Å². The van der Waals surface area contributed by atoms with Crippen LogP contribution in [0.25, 0.3) is 11.4 Å². The monoisotopic (exact) mass is 375 g/mol. The summed E-state index contributed by atoms with van der Waals surface area (Å²) in [6, 6.07) is 12.4. The number of H-pyrrole nitrogens is 1. The lowest BCUT2D eigenvalue weighted by molar-refractivity contribution is 0.250. The summed E-state index contributed by atoms with van der Waals surface area (Å²) in [6.45, 7) is 8.67. The molecular weight excluding hydrogens is 350 g/mol. The van der Waals surface area contributed by atoms with Gasteiger partial charge in [0.15, 0.2) is 0 Å². The highest BCUT2D eigenvalue weighted by Gasteiger charge is 2.17. The van der Waals surface area contributed by atoms with E-state index in [0.29, 0.717) is 11.4 Å². The Bertz CT molecular complexity index is 990. The van der Waals surface area contributed by atoms with E-state index >= 15 is 0 Å². The molecule has 6 nitrogen and oxygen atoms in total. The normalized spacial score (nSPS) is 15.0. The Balaban J connectivity index is 1.38. The van der Waals surface area contributed by atoms with E-state index in [0.717, 1.165) is 44.0 Å². The van der Waals surface area contributed by atoms with Crippen molar-refractivity contribution in [3.8, 4) is 11.4 Å². The summed E-state index contributed by atoms with van der Waals surface area (Å²) in [6.07, 6.45) is 3.74. The van der Waals surface area contributed by atoms with Crippen LogP contribution in [-0.2, 0) is 6.54 Å². The van der Waals surface area contributed by atoms with Gasteiger partial charge in [-0.1, -0.05) is 24.3 Å². The highest BCUT2D eigenvalue weighted by Crippen LogP contribution is 2.18. The summed E-state index contributed by atoms with van der Waals surface area (Å²) in [7, 11) is 0. The number of pyridine rings is 1. The molecule has 1 aromatic carbocycles. The number of hydrogen-bond acceptors (Lipinski definition) is 5. The molecule has 0 bridgehead atoms. The van der Waals surface area contributed by atoms with Gasteiger partial charge in [-0.15, -0.1) is 0 Å². The van der Waals surface area contributed by atoms with Crippen molar-refractivity contribution in [2.45, 2.75) is 20.4 Å². The van der Waals surface area contributed by atoms with E-state index in [4.69, 9.17) is 0 Å². The Morgan fingerprint density at radius 3 is 2.43 bits per heavy atom. The van der Waals surface area contributed by atoms with Crippen molar-refractivity contribution in [1.29, 1.82) is 0 Å². The molecule has 1 aliphatic heterocycles. The van der Waals surface area contributed by atoms with E-state index in [1.165, 1.54) is 11.3 Å². The Kier molecular flexibility index (Phi) is 5.21. The summed E-state index contributed by atoms with van der Waals surface area (Å²) < 4.78 is 0. The minimum Gasteiger partial charge on any atom is -0.368 e. The van der Waals surface area contributed by atoms with Crippen LogP contribution in [0, 0.1) is 13.8 Å². The third-order valence-electron chi connectivity index (χ3n) is 5.41. The summed E-state index contributed by atoms with van der Waals surface area (Å²) in [4.78, 5) is 28.4. The van der Waals surface area contributed by atoms with Crippen LogP contribution in [0.4, 0.5) is 5.69 Å². The number of rotatable bonds is 4. The standard InChI is InChI=1S/C22H25N5O/c1-16-17(2)24-21(25-22(16)28)19-7-5-18(6-8-19)15-26-10-12-27(13-11-26)20-4-3-9-23-14-20/h3-9,14H,10-13,15H2,1-2H3,(H,24,25,28). The quantitative estimate of drug-likeness (QED) is 0.760. The van der Waals surface area contributed by atoms with Gasteiger partial charge in [0.2, 0.25) is 0 Å². The van der Waals surface area contributed by atoms with E-state index in [9.17, 15) is 4.79 Å². The highest BCUT2D eigenvalue weighted by molar-refractivity contribution is 5.55. The maximum absolute atomic E-state index is 12.0. The topological polar surface area (TPSA) is 65.1 Å². The number of nitrogens with one attached hydrogen (secondary N) is 1. The molecule has 3 heterocycles. The van der Waals surface area contributed by atoms with Gasteiger partial charge in [-0.3, -0.25) is 14.7 Å². The molecule has 144 valence electrons. The fourth-order valence-corrected chi connectivity index (χ4v) is 3.51. The first-order chi connectivity index (χ1) is 13.6. The van der Waals surface area contributed by atoms with Crippen LogP contribution >= 0.6 is 0 Å². The fraction of sp³-hybridized carbons (Fsp3) is 0.318. The summed E-state index contributed by atoms with van der Waals surface area (Å²) in [5.74, 6) is 0.629. The van der Waals surface area contributed by atoms with Gasteiger partial charge < -0.3 is 9.88 Å². The second kappa shape index (κ2) is 7.94. The second-order valence-electron chi connectivity index (χ2n) is 7.30. The number of piperazine rings is 1. The van der Waals surface area contributed by atoms with Gasteiger partial charge in [0.05, 0.1) is 11.9 Å². The number of aromatic amines is 1. The Morgan fingerprint density at radius 2 is 1.79 bits per heavy atom. The van der Waals surface area contributed by atoms with Crippen LogP contribution in [0.2, 0.25) is 0 Å². The molecule has 0 amide bonds. The number of aromatic nitrogens is 3. The summed E-state index contributed by atoms with van der Waals surface area (Å²) in [5, 5.41) is 0. The molecule has 1 fully saturated rings. The molecule has 0 aliphatic carbocycles. The number of benzene rings is 1. The predicted octanol–water partition coefficient (Wildman–Crippen LogP) is 2.77. The van der Waals surface area contributed by atoms with Gasteiger partial charge in [-0.05, 0) is 31.5 Å². The van der Waals surface area contributed by atoms with E-state index < -0.39 is 0 Å².